The smallest absolute Gasteiger partial charge is 0.301 e. The average molecular weight is 271 g/mol. The lowest BCUT2D eigenvalue weighted by Crippen LogP contribution is -2.34. The van der Waals surface area contributed by atoms with Crippen LogP contribution in [0.5, 0.6) is 0 Å². The van der Waals surface area contributed by atoms with E-state index in [1.54, 1.807) is 13.1 Å². The first kappa shape index (κ1) is 14.9. The van der Waals surface area contributed by atoms with E-state index in [0.29, 0.717) is 25.2 Å². The molecule has 0 atom stereocenters. The van der Waals surface area contributed by atoms with Crippen LogP contribution in [-0.4, -0.2) is 32.9 Å². The molecule has 3 N–H and O–H groups in total. The molecule has 5 nitrogen and oxygen atoms in total. The normalized spacial score (nSPS) is 11.8. The van der Waals surface area contributed by atoms with E-state index in [0.717, 1.165) is 11.1 Å². The minimum absolute atomic E-state index is 0.413. The van der Waals surface area contributed by atoms with Gasteiger partial charge in [0.1, 0.15) is 0 Å². The van der Waals surface area contributed by atoms with Crippen LogP contribution in [0.25, 0.3) is 0 Å². The zero-order valence-corrected chi connectivity index (χ0v) is 11.9. The molecule has 1 rings (SSSR count). The van der Waals surface area contributed by atoms with Crippen LogP contribution >= 0.6 is 0 Å². The Bertz CT molecular complexity index is 500. The second-order valence-corrected chi connectivity index (χ2v) is 6.10. The van der Waals surface area contributed by atoms with Crippen LogP contribution in [-0.2, 0) is 10.2 Å². The molecule has 1 aromatic rings. The molecule has 18 heavy (non-hydrogen) atoms. The highest BCUT2D eigenvalue weighted by Gasteiger charge is 2.17. The molecule has 0 saturated carbocycles. The summed E-state index contributed by atoms with van der Waals surface area (Å²) >= 11 is 0. The van der Waals surface area contributed by atoms with Gasteiger partial charge in [0, 0.05) is 13.6 Å². The van der Waals surface area contributed by atoms with Crippen molar-refractivity contribution in [3.63, 3.8) is 0 Å². The molecule has 0 spiro atoms. The van der Waals surface area contributed by atoms with Gasteiger partial charge < -0.3 is 5.73 Å². The van der Waals surface area contributed by atoms with Crippen molar-refractivity contribution in [2.75, 3.05) is 24.9 Å². The number of anilines is 1. The molecule has 0 aliphatic heterocycles. The van der Waals surface area contributed by atoms with Gasteiger partial charge in [0.2, 0.25) is 0 Å². The maximum atomic E-state index is 12.0. The van der Waals surface area contributed by atoms with Gasteiger partial charge in [-0.2, -0.15) is 12.7 Å². The Hall–Kier alpha value is -1.11. The summed E-state index contributed by atoms with van der Waals surface area (Å²) in [5.74, 6) is 0. The number of rotatable bonds is 6. The number of hydrogen-bond acceptors (Lipinski definition) is 3. The second kappa shape index (κ2) is 6.17. The lowest BCUT2D eigenvalue weighted by atomic mass is 10.1. The summed E-state index contributed by atoms with van der Waals surface area (Å²) in [6.45, 7) is 4.73. The van der Waals surface area contributed by atoms with Gasteiger partial charge in [0.25, 0.3) is 0 Å². The maximum absolute atomic E-state index is 12.0. The predicted octanol–water partition coefficient (Wildman–Crippen LogP) is 1.24. The summed E-state index contributed by atoms with van der Waals surface area (Å²) in [5.41, 5.74) is 7.99. The molecule has 1 aromatic carbocycles. The highest BCUT2D eigenvalue weighted by Crippen LogP contribution is 2.19. The Labute approximate surface area is 109 Å². The van der Waals surface area contributed by atoms with E-state index in [9.17, 15) is 8.42 Å². The fourth-order valence-electron chi connectivity index (χ4n) is 1.51. The minimum Gasteiger partial charge on any atom is -0.330 e. The molecule has 0 aliphatic rings. The summed E-state index contributed by atoms with van der Waals surface area (Å²) in [7, 11) is -1.95. The molecule has 0 heterocycles. The van der Waals surface area contributed by atoms with Crippen LogP contribution in [0.1, 0.15) is 17.5 Å². The number of nitrogens with two attached hydrogens (primary N) is 1. The fraction of sp³-hybridized carbons (Fsp3) is 0.500. The number of aryl methyl sites for hydroxylation is 1. The van der Waals surface area contributed by atoms with E-state index in [1.165, 1.54) is 4.31 Å². The molecule has 0 amide bonds. The van der Waals surface area contributed by atoms with Crippen LogP contribution in [0.3, 0.4) is 0 Å². The van der Waals surface area contributed by atoms with Gasteiger partial charge in [-0.25, -0.2) is 0 Å². The Morgan fingerprint density at radius 1 is 1.33 bits per heavy atom. The van der Waals surface area contributed by atoms with Gasteiger partial charge in [-0.05, 0) is 44.0 Å². The molecular weight excluding hydrogens is 250 g/mol. The van der Waals surface area contributed by atoms with Crippen LogP contribution in [0.15, 0.2) is 18.2 Å². The summed E-state index contributed by atoms with van der Waals surface area (Å²) in [5, 5.41) is 0. The van der Waals surface area contributed by atoms with Crippen molar-refractivity contribution >= 4 is 15.9 Å². The second-order valence-electron chi connectivity index (χ2n) is 4.32. The first-order valence-electron chi connectivity index (χ1n) is 5.89. The van der Waals surface area contributed by atoms with Crippen LogP contribution in [0, 0.1) is 13.8 Å². The van der Waals surface area contributed by atoms with Gasteiger partial charge in [-0.15, -0.1) is 0 Å². The number of nitrogens with zero attached hydrogens (tertiary/aromatic N) is 1. The zero-order valence-electron chi connectivity index (χ0n) is 11.1. The van der Waals surface area contributed by atoms with Crippen molar-refractivity contribution in [2.45, 2.75) is 20.3 Å². The number of benzene rings is 1. The topological polar surface area (TPSA) is 75.4 Å². The van der Waals surface area contributed by atoms with Crippen molar-refractivity contribution in [3.05, 3.63) is 29.3 Å². The third-order valence-electron chi connectivity index (χ3n) is 2.93. The Balaban J connectivity index is 2.85. The monoisotopic (exact) mass is 271 g/mol. The molecule has 0 aliphatic carbocycles. The van der Waals surface area contributed by atoms with E-state index < -0.39 is 10.2 Å². The molecule has 6 heteroatoms. The largest absolute Gasteiger partial charge is 0.330 e. The summed E-state index contributed by atoms with van der Waals surface area (Å²) in [4.78, 5) is 0. The molecular formula is C12H21N3O2S. The SMILES string of the molecule is Cc1cccc(NS(=O)(=O)N(C)CCCN)c1C. The van der Waals surface area contributed by atoms with Crippen molar-refractivity contribution in [3.8, 4) is 0 Å². The molecule has 0 saturated heterocycles. The van der Waals surface area contributed by atoms with E-state index >= 15 is 0 Å². The summed E-state index contributed by atoms with van der Waals surface area (Å²) in [6, 6.07) is 5.54. The summed E-state index contributed by atoms with van der Waals surface area (Å²) < 4.78 is 28.0. The molecule has 0 unspecified atom stereocenters. The molecule has 0 radical (unpaired) electrons. The van der Waals surface area contributed by atoms with Crippen molar-refractivity contribution in [1.82, 2.24) is 4.31 Å². The molecule has 0 fully saturated rings. The predicted molar refractivity (Wildman–Crippen MR) is 74.8 cm³/mol. The standard InChI is InChI=1S/C12H21N3O2S/c1-10-6-4-7-12(11(10)2)14-18(16,17)15(3)9-5-8-13/h4,6-7,14H,5,8-9,13H2,1-3H3. The van der Waals surface area contributed by atoms with Gasteiger partial charge in [0.15, 0.2) is 0 Å². The van der Waals surface area contributed by atoms with Gasteiger partial charge in [-0.1, -0.05) is 12.1 Å². The third-order valence-corrected chi connectivity index (χ3v) is 4.41. The van der Waals surface area contributed by atoms with Crippen LogP contribution in [0.4, 0.5) is 5.69 Å². The Morgan fingerprint density at radius 2 is 2.00 bits per heavy atom. The highest BCUT2D eigenvalue weighted by atomic mass is 32.2. The van der Waals surface area contributed by atoms with Crippen LogP contribution in [0.2, 0.25) is 0 Å². The first-order valence-corrected chi connectivity index (χ1v) is 7.33. The van der Waals surface area contributed by atoms with Gasteiger partial charge in [-0.3, -0.25) is 4.72 Å². The molecule has 0 bridgehead atoms. The number of hydrogen-bond donors (Lipinski definition) is 2. The molecule has 102 valence electrons. The summed E-state index contributed by atoms with van der Waals surface area (Å²) in [6.07, 6.45) is 0.643. The lowest BCUT2D eigenvalue weighted by molar-refractivity contribution is 0.468. The minimum atomic E-state index is -3.50. The van der Waals surface area contributed by atoms with E-state index in [4.69, 9.17) is 5.73 Å². The Morgan fingerprint density at radius 3 is 2.61 bits per heavy atom. The number of nitrogens with one attached hydrogen (secondary N) is 1. The van der Waals surface area contributed by atoms with E-state index in [2.05, 4.69) is 4.72 Å². The molecule has 0 aromatic heterocycles. The maximum Gasteiger partial charge on any atom is 0.301 e. The highest BCUT2D eigenvalue weighted by molar-refractivity contribution is 7.90. The Kier molecular flexibility index (Phi) is 5.13. The van der Waals surface area contributed by atoms with Crippen LogP contribution < -0.4 is 10.5 Å². The van der Waals surface area contributed by atoms with Crippen molar-refractivity contribution in [1.29, 1.82) is 0 Å². The fourth-order valence-corrected chi connectivity index (χ4v) is 2.54. The van der Waals surface area contributed by atoms with Gasteiger partial charge in [0.05, 0.1) is 5.69 Å². The average Bonchev–Trinajstić information content (AvgIpc) is 2.31. The first-order chi connectivity index (χ1) is 8.38. The third kappa shape index (κ3) is 3.69. The zero-order chi connectivity index (χ0) is 13.8. The van der Waals surface area contributed by atoms with E-state index in [1.807, 2.05) is 26.0 Å². The van der Waals surface area contributed by atoms with E-state index in [-0.39, 0.29) is 0 Å². The van der Waals surface area contributed by atoms with Crippen molar-refractivity contribution < 1.29 is 8.42 Å². The lowest BCUT2D eigenvalue weighted by Gasteiger charge is -2.19. The quantitative estimate of drug-likeness (QED) is 0.817. The van der Waals surface area contributed by atoms with Crippen molar-refractivity contribution in [2.24, 2.45) is 5.73 Å². The van der Waals surface area contributed by atoms with Gasteiger partial charge >= 0.3 is 10.2 Å².